The van der Waals surface area contributed by atoms with Crippen LogP contribution in [0.1, 0.15) is 197 Å². The van der Waals surface area contributed by atoms with Crippen LogP contribution in [0.2, 0.25) is 0 Å². The van der Waals surface area contributed by atoms with Crippen LogP contribution in [0.5, 0.6) is 0 Å². The van der Waals surface area contributed by atoms with E-state index in [2.05, 4.69) is 240 Å². The molecule has 4 aromatic heterocycles. The van der Waals surface area contributed by atoms with Crippen LogP contribution in [-0.4, -0.2) is 19.9 Å². The van der Waals surface area contributed by atoms with Gasteiger partial charge in [-0.05, 0) is 210 Å². The predicted molar refractivity (Wildman–Crippen MR) is 391 cm³/mol. The molecule has 4 aliphatic rings. The fourth-order valence-corrected chi connectivity index (χ4v) is 15.5. The minimum Gasteiger partial charge on any atom is -0.248 e. The van der Waals surface area contributed by atoms with Crippen molar-refractivity contribution in [2.24, 2.45) is 0 Å². The van der Waals surface area contributed by atoms with Crippen molar-refractivity contribution < 1.29 is 0 Å². The van der Waals surface area contributed by atoms with E-state index in [0.717, 1.165) is 68.5 Å². The Balaban J connectivity index is 0.000000112. The quantitative estimate of drug-likeness (QED) is 0.152. The zero-order chi connectivity index (χ0) is 62.6. The Bertz CT molecular complexity index is 4420. The summed E-state index contributed by atoms with van der Waals surface area (Å²) < 4.78 is 0. The van der Waals surface area contributed by atoms with Crippen LogP contribution >= 0.6 is 0 Å². The minimum atomic E-state index is 0.719. The predicted octanol–water partition coefficient (Wildman–Crippen LogP) is 25.0. The minimum absolute atomic E-state index is 0.719. The number of pyridine rings is 4. The highest BCUT2D eigenvalue weighted by atomic mass is 14.7. The number of hydrogen-bond donors (Lipinski definition) is 0. The first kappa shape index (κ1) is 62.2. The second-order valence-corrected chi connectivity index (χ2v) is 27.3. The van der Waals surface area contributed by atoms with Gasteiger partial charge in [-0.1, -0.05) is 233 Å². The summed E-state index contributed by atoms with van der Waals surface area (Å²) in [5.41, 5.74) is 24.7. The van der Waals surface area contributed by atoms with E-state index in [1.165, 1.54) is 217 Å². The summed E-state index contributed by atoms with van der Waals surface area (Å²) in [6.07, 6.45) is 27.3. The molecule has 4 saturated carbocycles. The standard InChI is InChI=1S/C23H25N.2C22H23N.C21H21N/c1-16-13-17(2)15-19(14-16)22-12-11-21-20(9-6-10-23(21)24-22)18-7-4-3-5-8-18;1-16-7-5-10-18(15-16)21-14-13-20-19(11-6-12-22(20)23-21)17-8-3-2-4-9-17;1-16-6-5-9-19(14-16)21-13-11-20-15-18(10-12-22(20)23-21)17-7-3-2-4-8-17;1-3-7-16(8-4-1)18-11-13-21-19(15-18)12-14-20(22-21)17-9-5-2-6-10-17/h6,9-15,18H,3-5,7-8H2,1-2H3;5-7,10-15,17H,2-4,8-9H2,1H3;5-6,9-15,17H,2-4,7-8H2,1H3;2,5-6,9-16H,1,3-4,7-8H2. The van der Waals surface area contributed by atoms with Gasteiger partial charge in [0.05, 0.1) is 44.8 Å². The van der Waals surface area contributed by atoms with Crippen LogP contribution in [-0.2, 0) is 0 Å². The lowest BCUT2D eigenvalue weighted by Gasteiger charge is -2.23. The van der Waals surface area contributed by atoms with E-state index in [-0.39, 0.29) is 0 Å². The van der Waals surface area contributed by atoms with E-state index in [1.807, 2.05) is 6.07 Å². The molecule has 0 amide bonds. The molecule has 0 atom stereocenters. The maximum atomic E-state index is 4.98. The highest BCUT2D eigenvalue weighted by Crippen LogP contribution is 2.40. The molecule has 4 nitrogen and oxygen atoms in total. The van der Waals surface area contributed by atoms with Crippen LogP contribution in [0.3, 0.4) is 0 Å². The van der Waals surface area contributed by atoms with Crippen molar-refractivity contribution in [2.75, 3.05) is 0 Å². The van der Waals surface area contributed by atoms with Crippen molar-refractivity contribution in [3.63, 3.8) is 0 Å². The van der Waals surface area contributed by atoms with Gasteiger partial charge in [0.2, 0.25) is 0 Å². The zero-order valence-corrected chi connectivity index (χ0v) is 55.0. The van der Waals surface area contributed by atoms with Crippen molar-refractivity contribution in [2.45, 2.75) is 180 Å². The van der Waals surface area contributed by atoms with Gasteiger partial charge in [0.25, 0.3) is 0 Å². The van der Waals surface area contributed by atoms with E-state index < -0.39 is 0 Å². The second-order valence-electron chi connectivity index (χ2n) is 27.3. The lowest BCUT2D eigenvalue weighted by molar-refractivity contribution is 0.444. The number of aromatic nitrogens is 4. The maximum absolute atomic E-state index is 4.98. The van der Waals surface area contributed by atoms with Gasteiger partial charge in [-0.15, -0.1) is 0 Å². The van der Waals surface area contributed by atoms with Gasteiger partial charge in [-0.2, -0.15) is 0 Å². The largest absolute Gasteiger partial charge is 0.248 e. The third-order valence-electron chi connectivity index (χ3n) is 20.4. The Morgan fingerprint density at radius 1 is 0.239 bits per heavy atom. The molecular weight excluding hydrogens is 1110 g/mol. The highest BCUT2D eigenvalue weighted by Gasteiger charge is 2.21. The van der Waals surface area contributed by atoms with E-state index in [1.54, 1.807) is 0 Å². The SMILES string of the molecule is Cc1cc(C)cc(-c2ccc3c(C4CCCCC4)cccc3n2)c1.Cc1cccc(-c2ccc3c(C4CCCCC4)cccc3n2)c1.Cc1cccc(-c2ccc3cc(C4CCCCC4)ccc3n2)c1.c1ccc(-c2ccc3cc(C4CCCCC4)ccc3n2)cc1. The first-order chi connectivity index (χ1) is 45.2. The van der Waals surface area contributed by atoms with Crippen molar-refractivity contribution in [1.82, 2.24) is 19.9 Å². The lowest BCUT2D eigenvalue weighted by Crippen LogP contribution is -2.05. The molecule has 0 aliphatic heterocycles. The van der Waals surface area contributed by atoms with Crippen molar-refractivity contribution in [3.8, 4) is 45.0 Å². The fourth-order valence-electron chi connectivity index (χ4n) is 15.5. The van der Waals surface area contributed by atoms with Gasteiger partial charge in [0.15, 0.2) is 0 Å². The number of aryl methyl sites for hydroxylation is 4. The Labute approximate surface area is 548 Å². The van der Waals surface area contributed by atoms with Crippen molar-refractivity contribution in [3.05, 3.63) is 263 Å². The van der Waals surface area contributed by atoms with Crippen LogP contribution in [0.25, 0.3) is 88.6 Å². The lowest BCUT2D eigenvalue weighted by atomic mass is 9.82. The molecule has 0 bridgehead atoms. The molecule has 4 heterocycles. The molecule has 92 heavy (non-hydrogen) atoms. The molecule has 4 fully saturated rings. The van der Waals surface area contributed by atoms with E-state index >= 15 is 0 Å². The van der Waals surface area contributed by atoms with E-state index in [9.17, 15) is 0 Å². The van der Waals surface area contributed by atoms with Crippen LogP contribution in [0.15, 0.2) is 218 Å². The summed E-state index contributed by atoms with van der Waals surface area (Å²) in [6.45, 7) is 8.56. The third kappa shape index (κ3) is 15.3. The molecule has 8 aromatic carbocycles. The average Bonchev–Trinajstić information content (AvgIpc) is 1.10. The number of benzene rings is 8. The molecule has 0 N–H and O–H groups in total. The van der Waals surface area contributed by atoms with E-state index in [4.69, 9.17) is 19.9 Å². The molecule has 0 spiro atoms. The zero-order valence-electron chi connectivity index (χ0n) is 55.0. The molecule has 464 valence electrons. The maximum Gasteiger partial charge on any atom is 0.0712 e. The molecular formula is C88H92N4. The van der Waals surface area contributed by atoms with Gasteiger partial charge < -0.3 is 0 Å². The summed E-state index contributed by atoms with van der Waals surface area (Å²) in [7, 11) is 0. The monoisotopic (exact) mass is 1200 g/mol. The summed E-state index contributed by atoms with van der Waals surface area (Å²) >= 11 is 0. The summed E-state index contributed by atoms with van der Waals surface area (Å²) in [4.78, 5) is 19.6. The summed E-state index contributed by atoms with van der Waals surface area (Å²) in [5.74, 6) is 2.95. The molecule has 0 saturated heterocycles. The molecule has 12 aromatic rings. The number of hydrogen-bond acceptors (Lipinski definition) is 4. The van der Waals surface area contributed by atoms with Crippen molar-refractivity contribution >= 4 is 43.6 Å². The molecule has 0 unspecified atom stereocenters. The molecule has 16 rings (SSSR count). The number of nitrogens with zero attached hydrogens (tertiary/aromatic N) is 4. The normalized spacial score (nSPS) is 15.9. The molecule has 0 radical (unpaired) electrons. The third-order valence-corrected chi connectivity index (χ3v) is 20.4. The Morgan fingerprint density at radius 3 is 1.03 bits per heavy atom. The summed E-state index contributed by atoms with van der Waals surface area (Å²) in [5, 5.41) is 5.22. The molecule has 4 heteroatoms. The smallest absolute Gasteiger partial charge is 0.0712 e. The Morgan fingerprint density at radius 2 is 0.598 bits per heavy atom. The fraction of sp³-hybridized carbons (Fsp3) is 0.318. The van der Waals surface area contributed by atoms with Gasteiger partial charge in [-0.25, -0.2) is 19.9 Å². The topological polar surface area (TPSA) is 51.6 Å². The van der Waals surface area contributed by atoms with Crippen LogP contribution in [0.4, 0.5) is 0 Å². The van der Waals surface area contributed by atoms with Crippen molar-refractivity contribution in [1.29, 1.82) is 0 Å². The average molecular weight is 1210 g/mol. The second kappa shape index (κ2) is 29.8. The highest BCUT2D eigenvalue weighted by molar-refractivity contribution is 5.87. The molecule has 4 aliphatic carbocycles. The van der Waals surface area contributed by atoms with Gasteiger partial charge in [-0.3, -0.25) is 0 Å². The summed E-state index contributed by atoms with van der Waals surface area (Å²) in [6, 6.07) is 78.9. The Hall–Kier alpha value is -8.60. The van der Waals surface area contributed by atoms with E-state index in [0.29, 0.717) is 0 Å². The Kier molecular flexibility index (Phi) is 20.1. The van der Waals surface area contributed by atoms with Gasteiger partial charge >= 0.3 is 0 Å². The van der Waals surface area contributed by atoms with Crippen LogP contribution in [0, 0.1) is 27.7 Å². The first-order valence-corrected chi connectivity index (χ1v) is 35.1. The van der Waals surface area contributed by atoms with Gasteiger partial charge in [0, 0.05) is 43.8 Å². The van der Waals surface area contributed by atoms with Gasteiger partial charge in [0.1, 0.15) is 0 Å². The first-order valence-electron chi connectivity index (χ1n) is 35.1. The number of fused-ring (bicyclic) bond motifs is 4. The number of rotatable bonds is 8. The van der Waals surface area contributed by atoms with Crippen LogP contribution < -0.4 is 0 Å².